The third-order valence-corrected chi connectivity index (χ3v) is 3.38. The van der Waals surface area contributed by atoms with E-state index in [9.17, 15) is 4.79 Å². The Kier molecular flexibility index (Phi) is 5.17. The summed E-state index contributed by atoms with van der Waals surface area (Å²) in [5, 5.41) is 2.94. The van der Waals surface area contributed by atoms with Gasteiger partial charge >= 0.3 is 6.03 Å². The molecule has 2 heterocycles. The summed E-state index contributed by atoms with van der Waals surface area (Å²) in [7, 11) is 1.64. The van der Waals surface area contributed by atoms with Crippen molar-refractivity contribution >= 4 is 11.7 Å². The van der Waals surface area contributed by atoms with Crippen molar-refractivity contribution < 1.29 is 9.53 Å². The number of nitrogens with zero attached hydrogens (tertiary/aromatic N) is 3. The van der Waals surface area contributed by atoms with E-state index in [0.29, 0.717) is 6.61 Å². The summed E-state index contributed by atoms with van der Waals surface area (Å²) in [6.07, 6.45) is 3.59. The number of rotatable bonds is 4. The third-order valence-electron chi connectivity index (χ3n) is 3.38. The maximum absolute atomic E-state index is 12.1. The minimum Gasteiger partial charge on any atom is -0.383 e. The Hall–Kier alpha value is -1.82. The number of anilines is 1. The first-order chi connectivity index (χ1) is 9.70. The van der Waals surface area contributed by atoms with Gasteiger partial charge in [0.05, 0.1) is 12.6 Å². The fourth-order valence-electron chi connectivity index (χ4n) is 2.32. The summed E-state index contributed by atoms with van der Waals surface area (Å²) in [4.78, 5) is 20.2. The van der Waals surface area contributed by atoms with Gasteiger partial charge in [-0.1, -0.05) is 0 Å². The van der Waals surface area contributed by atoms with Gasteiger partial charge in [-0.15, -0.1) is 0 Å². The van der Waals surface area contributed by atoms with Gasteiger partial charge in [0.1, 0.15) is 0 Å². The van der Waals surface area contributed by atoms with Crippen LogP contribution in [0.1, 0.15) is 6.92 Å². The second kappa shape index (κ2) is 7.09. The number of nitrogens with one attached hydrogen (secondary N) is 1. The summed E-state index contributed by atoms with van der Waals surface area (Å²) in [6, 6.07) is 4.02. The van der Waals surface area contributed by atoms with E-state index in [1.165, 1.54) is 0 Å². The molecular weight excluding hydrogens is 256 g/mol. The van der Waals surface area contributed by atoms with Crippen LogP contribution >= 0.6 is 0 Å². The number of ether oxygens (including phenoxy) is 1. The minimum absolute atomic E-state index is 0.0103. The summed E-state index contributed by atoms with van der Waals surface area (Å²) >= 11 is 0. The number of aromatic nitrogens is 1. The van der Waals surface area contributed by atoms with E-state index in [2.05, 4.69) is 15.2 Å². The van der Waals surface area contributed by atoms with Crippen molar-refractivity contribution in [1.82, 2.24) is 15.2 Å². The van der Waals surface area contributed by atoms with Crippen LogP contribution in [0.2, 0.25) is 0 Å². The fourth-order valence-corrected chi connectivity index (χ4v) is 2.32. The minimum atomic E-state index is -0.0103. The van der Waals surface area contributed by atoms with Crippen LogP contribution < -0.4 is 10.2 Å². The zero-order valence-corrected chi connectivity index (χ0v) is 12.1. The molecule has 0 radical (unpaired) electrons. The molecule has 1 N–H and O–H groups in total. The Morgan fingerprint density at radius 2 is 2.00 bits per heavy atom. The summed E-state index contributed by atoms with van der Waals surface area (Å²) in [5.41, 5.74) is 1.16. The number of methoxy groups -OCH3 is 1. The van der Waals surface area contributed by atoms with Crippen molar-refractivity contribution in [2.75, 3.05) is 44.8 Å². The number of urea groups is 1. The molecule has 0 bridgehead atoms. The van der Waals surface area contributed by atoms with Crippen LogP contribution in [0, 0.1) is 0 Å². The van der Waals surface area contributed by atoms with E-state index in [-0.39, 0.29) is 12.1 Å². The van der Waals surface area contributed by atoms with Crippen molar-refractivity contribution in [3.05, 3.63) is 24.5 Å². The van der Waals surface area contributed by atoms with Crippen LogP contribution in [0.5, 0.6) is 0 Å². The monoisotopic (exact) mass is 278 g/mol. The summed E-state index contributed by atoms with van der Waals surface area (Å²) in [5.74, 6) is 0. The van der Waals surface area contributed by atoms with Crippen molar-refractivity contribution in [2.45, 2.75) is 13.0 Å². The molecule has 1 unspecified atom stereocenters. The van der Waals surface area contributed by atoms with Crippen LogP contribution in [-0.4, -0.2) is 61.9 Å². The largest absolute Gasteiger partial charge is 0.383 e. The van der Waals surface area contributed by atoms with E-state index in [4.69, 9.17) is 4.74 Å². The number of amides is 2. The Labute approximate surface area is 119 Å². The molecule has 0 aromatic carbocycles. The zero-order valence-electron chi connectivity index (χ0n) is 12.1. The topological polar surface area (TPSA) is 57.7 Å². The normalized spacial score (nSPS) is 16.9. The highest BCUT2D eigenvalue weighted by Gasteiger charge is 2.22. The van der Waals surface area contributed by atoms with Crippen LogP contribution in [0.15, 0.2) is 24.5 Å². The highest BCUT2D eigenvalue weighted by Crippen LogP contribution is 2.14. The predicted octanol–water partition coefficient (Wildman–Crippen LogP) is 0.948. The van der Waals surface area contributed by atoms with Crippen LogP contribution in [0.4, 0.5) is 10.5 Å². The van der Waals surface area contributed by atoms with Gasteiger partial charge in [-0.2, -0.15) is 0 Å². The first-order valence-corrected chi connectivity index (χ1v) is 6.90. The molecule has 1 fully saturated rings. The number of carbonyl (C=O) groups excluding carboxylic acids is 1. The lowest BCUT2D eigenvalue weighted by molar-refractivity contribution is 0.158. The molecular formula is C14H22N4O2. The number of hydrogen-bond acceptors (Lipinski definition) is 4. The molecule has 1 saturated heterocycles. The fraction of sp³-hybridized carbons (Fsp3) is 0.571. The van der Waals surface area contributed by atoms with Crippen molar-refractivity contribution in [2.24, 2.45) is 0 Å². The van der Waals surface area contributed by atoms with E-state index in [0.717, 1.165) is 31.9 Å². The van der Waals surface area contributed by atoms with Gasteiger partial charge in [0, 0.05) is 51.4 Å². The van der Waals surface area contributed by atoms with Gasteiger partial charge in [-0.25, -0.2) is 4.79 Å². The number of hydrogen-bond donors (Lipinski definition) is 1. The molecule has 1 aromatic heterocycles. The smallest absolute Gasteiger partial charge is 0.317 e. The average Bonchev–Trinajstić information content (AvgIpc) is 2.48. The standard InChI is InChI=1S/C14H22N4O2/c1-12(11-20-2)16-14(19)18-9-7-17(8-10-18)13-3-5-15-6-4-13/h3-6,12H,7-11H2,1-2H3,(H,16,19). The molecule has 1 aliphatic heterocycles. The lowest BCUT2D eigenvalue weighted by atomic mass is 10.2. The van der Waals surface area contributed by atoms with E-state index < -0.39 is 0 Å². The van der Waals surface area contributed by atoms with Gasteiger partial charge in [0.15, 0.2) is 0 Å². The average molecular weight is 278 g/mol. The Bertz CT molecular complexity index is 418. The Morgan fingerprint density at radius 1 is 1.35 bits per heavy atom. The predicted molar refractivity (Wildman–Crippen MR) is 77.9 cm³/mol. The van der Waals surface area contributed by atoms with E-state index >= 15 is 0 Å². The third kappa shape index (κ3) is 3.84. The molecule has 20 heavy (non-hydrogen) atoms. The molecule has 0 spiro atoms. The van der Waals surface area contributed by atoms with Crippen LogP contribution in [0.25, 0.3) is 0 Å². The highest BCUT2D eigenvalue weighted by molar-refractivity contribution is 5.74. The van der Waals surface area contributed by atoms with Crippen LogP contribution in [0.3, 0.4) is 0 Å². The van der Waals surface area contributed by atoms with Gasteiger partial charge < -0.3 is 19.9 Å². The molecule has 6 nitrogen and oxygen atoms in total. The zero-order chi connectivity index (χ0) is 14.4. The second-order valence-electron chi connectivity index (χ2n) is 4.99. The van der Waals surface area contributed by atoms with Crippen molar-refractivity contribution in [3.63, 3.8) is 0 Å². The van der Waals surface area contributed by atoms with Gasteiger partial charge in [0.2, 0.25) is 0 Å². The lowest BCUT2D eigenvalue weighted by Gasteiger charge is -2.36. The molecule has 6 heteroatoms. The highest BCUT2D eigenvalue weighted by atomic mass is 16.5. The maximum atomic E-state index is 12.1. The lowest BCUT2D eigenvalue weighted by Crippen LogP contribution is -2.53. The Balaban J connectivity index is 1.80. The van der Waals surface area contributed by atoms with E-state index in [1.54, 1.807) is 19.5 Å². The molecule has 1 aliphatic rings. The molecule has 0 saturated carbocycles. The number of carbonyl (C=O) groups is 1. The quantitative estimate of drug-likeness (QED) is 0.891. The van der Waals surface area contributed by atoms with Gasteiger partial charge in [-0.3, -0.25) is 4.98 Å². The first kappa shape index (κ1) is 14.6. The van der Waals surface area contributed by atoms with Crippen molar-refractivity contribution in [3.8, 4) is 0 Å². The van der Waals surface area contributed by atoms with Crippen LogP contribution in [-0.2, 0) is 4.74 Å². The molecule has 0 aliphatic carbocycles. The summed E-state index contributed by atoms with van der Waals surface area (Å²) < 4.78 is 5.02. The number of pyridine rings is 1. The molecule has 1 aromatic rings. The molecule has 2 rings (SSSR count). The maximum Gasteiger partial charge on any atom is 0.317 e. The molecule has 2 amide bonds. The summed E-state index contributed by atoms with van der Waals surface area (Å²) in [6.45, 7) is 5.62. The first-order valence-electron chi connectivity index (χ1n) is 6.90. The van der Waals surface area contributed by atoms with Crippen molar-refractivity contribution in [1.29, 1.82) is 0 Å². The SMILES string of the molecule is COCC(C)NC(=O)N1CCN(c2ccncc2)CC1. The molecule has 110 valence electrons. The molecule has 1 atom stereocenters. The number of piperazine rings is 1. The van der Waals surface area contributed by atoms with Gasteiger partial charge in [0.25, 0.3) is 0 Å². The Morgan fingerprint density at radius 3 is 2.60 bits per heavy atom. The van der Waals surface area contributed by atoms with E-state index in [1.807, 2.05) is 24.0 Å². The van der Waals surface area contributed by atoms with Gasteiger partial charge in [-0.05, 0) is 19.1 Å². The second-order valence-corrected chi connectivity index (χ2v) is 4.99.